The molecule has 0 fully saturated rings. The molecule has 6 nitrogen and oxygen atoms in total. The molecule has 128 valence electrons. The van der Waals surface area contributed by atoms with Crippen molar-refractivity contribution in [1.29, 1.82) is 0 Å². The zero-order valence-electron chi connectivity index (χ0n) is 13.5. The molecule has 26 heavy (non-hydrogen) atoms. The number of allylic oxidation sites excluding steroid dienone is 3. The Morgan fingerprint density at radius 3 is 2.73 bits per heavy atom. The van der Waals surface area contributed by atoms with Gasteiger partial charge in [-0.1, -0.05) is 53.7 Å². The van der Waals surface area contributed by atoms with Crippen molar-refractivity contribution >= 4 is 34.6 Å². The first kappa shape index (κ1) is 16.2. The van der Waals surface area contributed by atoms with Crippen molar-refractivity contribution in [2.45, 2.75) is 6.42 Å². The van der Waals surface area contributed by atoms with Crippen LogP contribution in [-0.4, -0.2) is 21.0 Å². The molecule has 2 heterocycles. The highest BCUT2D eigenvalue weighted by molar-refractivity contribution is 7.81. The van der Waals surface area contributed by atoms with Gasteiger partial charge in [-0.2, -0.15) is 0 Å². The third-order valence-corrected chi connectivity index (χ3v) is 4.22. The second-order valence-corrected chi connectivity index (χ2v) is 6.05. The largest absolute Gasteiger partial charge is 0.459 e. The number of nitrogens with one attached hydrogen (secondary N) is 1. The van der Waals surface area contributed by atoms with Crippen LogP contribution in [-0.2, 0) is 4.79 Å². The van der Waals surface area contributed by atoms with Crippen LogP contribution in [0.1, 0.15) is 12.0 Å². The van der Waals surface area contributed by atoms with E-state index < -0.39 is 0 Å². The van der Waals surface area contributed by atoms with Gasteiger partial charge in [-0.3, -0.25) is 10.1 Å². The summed E-state index contributed by atoms with van der Waals surface area (Å²) in [6.07, 6.45) is 5.82. The number of benzene rings is 1. The van der Waals surface area contributed by atoms with Crippen LogP contribution in [0.3, 0.4) is 0 Å². The van der Waals surface area contributed by atoms with E-state index in [1.807, 2.05) is 36.4 Å². The van der Waals surface area contributed by atoms with Gasteiger partial charge in [0.1, 0.15) is 0 Å². The highest BCUT2D eigenvalue weighted by Crippen LogP contribution is 2.25. The number of furan rings is 1. The summed E-state index contributed by atoms with van der Waals surface area (Å²) in [4.78, 5) is 13.2. The Balaban J connectivity index is 1.54. The number of anilines is 1. The Bertz CT molecular complexity index is 1020. The van der Waals surface area contributed by atoms with E-state index in [-0.39, 0.29) is 17.8 Å². The van der Waals surface area contributed by atoms with Gasteiger partial charge in [-0.25, -0.2) is 0 Å². The molecular formula is C19H13N3O3S. The highest BCUT2D eigenvalue weighted by Gasteiger charge is 2.21. The van der Waals surface area contributed by atoms with E-state index >= 15 is 0 Å². The number of carbonyl (C=O) groups excluding carboxylic acids is 1. The standard InChI is InChI=1S/C19H13N3O3S/c23-17(20-19-22-21-18(25-19)15-7-4-10-24-15)14-11-13(8-9-16(14)26)12-5-2-1-3-6-12/h1-8,10-11H,9H2,(H,20,22,23). The van der Waals surface area contributed by atoms with E-state index in [0.717, 1.165) is 11.1 Å². The maximum atomic E-state index is 12.6. The summed E-state index contributed by atoms with van der Waals surface area (Å²) >= 11 is 5.34. The van der Waals surface area contributed by atoms with Gasteiger partial charge in [0.25, 0.3) is 11.8 Å². The highest BCUT2D eigenvalue weighted by atomic mass is 32.1. The van der Waals surface area contributed by atoms with Gasteiger partial charge in [0.05, 0.1) is 11.8 Å². The van der Waals surface area contributed by atoms with Crippen LogP contribution in [0.25, 0.3) is 17.2 Å². The van der Waals surface area contributed by atoms with Gasteiger partial charge >= 0.3 is 6.01 Å². The zero-order chi connectivity index (χ0) is 17.9. The number of hydrogen-bond acceptors (Lipinski definition) is 6. The second kappa shape index (κ2) is 6.89. The van der Waals surface area contributed by atoms with E-state index in [1.165, 1.54) is 6.26 Å². The first-order valence-corrected chi connectivity index (χ1v) is 8.31. The van der Waals surface area contributed by atoms with E-state index in [1.54, 1.807) is 18.2 Å². The molecule has 1 N–H and O–H groups in total. The monoisotopic (exact) mass is 363 g/mol. The summed E-state index contributed by atoms with van der Waals surface area (Å²) < 4.78 is 10.6. The van der Waals surface area contributed by atoms with Gasteiger partial charge < -0.3 is 8.83 Å². The van der Waals surface area contributed by atoms with Crippen LogP contribution in [0.15, 0.2) is 75.3 Å². The van der Waals surface area contributed by atoms with Crippen LogP contribution in [0.5, 0.6) is 0 Å². The fourth-order valence-electron chi connectivity index (χ4n) is 2.57. The number of thiocarbonyl (C=S) groups is 1. The average Bonchev–Trinajstić information content (AvgIpc) is 3.34. The van der Waals surface area contributed by atoms with Crippen LogP contribution in [0, 0.1) is 0 Å². The Morgan fingerprint density at radius 1 is 1.12 bits per heavy atom. The minimum Gasteiger partial charge on any atom is -0.459 e. The molecule has 1 aromatic carbocycles. The summed E-state index contributed by atoms with van der Waals surface area (Å²) in [5.74, 6) is 0.237. The second-order valence-electron chi connectivity index (χ2n) is 5.55. The van der Waals surface area contributed by atoms with Gasteiger partial charge in [0.15, 0.2) is 5.76 Å². The normalized spacial score (nSPS) is 13.9. The number of aromatic nitrogens is 2. The third kappa shape index (κ3) is 3.25. The predicted molar refractivity (Wildman–Crippen MR) is 100 cm³/mol. The quantitative estimate of drug-likeness (QED) is 0.704. The number of nitrogens with zero attached hydrogens (tertiary/aromatic N) is 2. The molecule has 0 saturated heterocycles. The van der Waals surface area contributed by atoms with E-state index in [9.17, 15) is 4.79 Å². The Hall–Kier alpha value is -3.32. The number of hydrogen-bond donors (Lipinski definition) is 1. The lowest BCUT2D eigenvalue weighted by Gasteiger charge is -2.14. The van der Waals surface area contributed by atoms with Crippen molar-refractivity contribution in [3.8, 4) is 11.7 Å². The first-order chi connectivity index (χ1) is 12.7. The van der Waals surface area contributed by atoms with Gasteiger partial charge in [-0.15, -0.1) is 5.10 Å². The van der Waals surface area contributed by atoms with Gasteiger partial charge in [-0.05, 0) is 29.3 Å². The van der Waals surface area contributed by atoms with Crippen molar-refractivity contribution in [3.05, 3.63) is 72.0 Å². The lowest BCUT2D eigenvalue weighted by Crippen LogP contribution is -2.21. The average molecular weight is 363 g/mol. The summed E-state index contributed by atoms with van der Waals surface area (Å²) in [6, 6.07) is 13.2. The van der Waals surface area contributed by atoms with Crippen molar-refractivity contribution < 1.29 is 13.6 Å². The van der Waals surface area contributed by atoms with Gasteiger partial charge in [0, 0.05) is 11.3 Å². The fraction of sp³-hybridized carbons (Fsp3) is 0.0526. The molecule has 0 aliphatic heterocycles. The molecule has 0 spiro atoms. The summed E-state index contributed by atoms with van der Waals surface area (Å²) in [6.45, 7) is 0. The van der Waals surface area contributed by atoms with E-state index in [4.69, 9.17) is 21.1 Å². The summed E-state index contributed by atoms with van der Waals surface area (Å²) in [5.41, 5.74) is 2.39. The lowest BCUT2D eigenvalue weighted by atomic mass is 9.94. The maximum absolute atomic E-state index is 12.6. The molecule has 1 amide bonds. The van der Waals surface area contributed by atoms with Crippen molar-refractivity contribution in [2.75, 3.05) is 5.32 Å². The minimum absolute atomic E-state index is 0.0130. The van der Waals surface area contributed by atoms with Crippen molar-refractivity contribution in [2.24, 2.45) is 0 Å². The molecule has 0 unspecified atom stereocenters. The summed E-state index contributed by atoms with van der Waals surface area (Å²) in [5, 5.41) is 10.3. The molecule has 0 radical (unpaired) electrons. The van der Waals surface area contributed by atoms with E-state index in [2.05, 4.69) is 15.5 Å². The molecule has 4 rings (SSSR count). The number of carbonyl (C=O) groups is 1. The molecule has 2 aromatic heterocycles. The first-order valence-electron chi connectivity index (χ1n) is 7.90. The van der Waals surface area contributed by atoms with Crippen LogP contribution in [0.2, 0.25) is 0 Å². The third-order valence-electron chi connectivity index (χ3n) is 3.84. The lowest BCUT2D eigenvalue weighted by molar-refractivity contribution is -0.112. The smallest absolute Gasteiger partial charge is 0.322 e. The Labute approximate surface area is 154 Å². The predicted octanol–water partition coefficient (Wildman–Crippen LogP) is 4.05. The Morgan fingerprint density at radius 2 is 1.96 bits per heavy atom. The van der Waals surface area contributed by atoms with E-state index in [0.29, 0.717) is 22.6 Å². The van der Waals surface area contributed by atoms with Crippen LogP contribution in [0.4, 0.5) is 6.01 Å². The number of rotatable bonds is 4. The zero-order valence-corrected chi connectivity index (χ0v) is 14.3. The van der Waals surface area contributed by atoms with Crippen molar-refractivity contribution in [1.82, 2.24) is 10.2 Å². The van der Waals surface area contributed by atoms with Crippen molar-refractivity contribution in [3.63, 3.8) is 0 Å². The summed E-state index contributed by atoms with van der Waals surface area (Å²) in [7, 11) is 0. The molecule has 1 aliphatic rings. The Kier molecular flexibility index (Phi) is 4.28. The molecule has 0 atom stereocenters. The van der Waals surface area contributed by atoms with Crippen LogP contribution < -0.4 is 5.32 Å². The minimum atomic E-state index is -0.383. The molecule has 1 aliphatic carbocycles. The maximum Gasteiger partial charge on any atom is 0.322 e. The molecule has 3 aromatic rings. The van der Waals surface area contributed by atoms with Crippen LogP contribution >= 0.6 is 12.2 Å². The molecule has 0 bridgehead atoms. The van der Waals surface area contributed by atoms with Gasteiger partial charge in [0.2, 0.25) is 0 Å². The SMILES string of the molecule is O=C(Nc1nnc(-c2ccco2)o1)C1=CC(c2ccccc2)=CCC1=S. The number of amides is 1. The molecule has 7 heteroatoms. The fourth-order valence-corrected chi connectivity index (χ4v) is 2.80. The molecule has 0 saturated carbocycles. The molecular weight excluding hydrogens is 350 g/mol. The topological polar surface area (TPSA) is 81.2 Å².